The number of thioether (sulfide) groups is 1. The third kappa shape index (κ3) is 4.59. The maximum atomic E-state index is 13.1. The average molecular weight is 473 g/mol. The van der Waals surface area contributed by atoms with Gasteiger partial charge in [0.25, 0.3) is 0 Å². The van der Waals surface area contributed by atoms with Crippen molar-refractivity contribution in [3.05, 3.63) is 46.3 Å². The summed E-state index contributed by atoms with van der Waals surface area (Å²) in [5.74, 6) is -1.77. The number of carbonyl (C=O) groups excluding carboxylic acids is 2. The van der Waals surface area contributed by atoms with Crippen molar-refractivity contribution in [3.63, 3.8) is 0 Å². The third-order valence-electron chi connectivity index (χ3n) is 5.21. The number of nitrogens with zero attached hydrogens (tertiary/aromatic N) is 2. The Morgan fingerprint density at radius 3 is 2.62 bits per heavy atom. The molecule has 0 radical (unpaired) electrons. The highest BCUT2D eigenvalue weighted by molar-refractivity contribution is 8.16. The van der Waals surface area contributed by atoms with Crippen LogP contribution in [0, 0.1) is 0 Å². The predicted molar refractivity (Wildman–Crippen MR) is 126 cm³/mol. The number of benzene rings is 1. The van der Waals surface area contributed by atoms with Gasteiger partial charge < -0.3 is 9.84 Å². The molecule has 1 N–H and O–H groups in total. The first-order valence-electron chi connectivity index (χ1n) is 10.6. The summed E-state index contributed by atoms with van der Waals surface area (Å²) in [4.78, 5) is 44.7. The number of carboxylic acid groups (broad SMARTS) is 1. The summed E-state index contributed by atoms with van der Waals surface area (Å²) in [6.45, 7) is 3.61. The molecule has 1 amide bonds. The number of anilines is 1. The van der Waals surface area contributed by atoms with Gasteiger partial charge in [0.05, 0.1) is 23.8 Å². The van der Waals surface area contributed by atoms with Gasteiger partial charge in [-0.2, -0.15) is 0 Å². The molecule has 2 aliphatic rings. The second-order valence-electron chi connectivity index (χ2n) is 7.95. The van der Waals surface area contributed by atoms with Gasteiger partial charge in [0, 0.05) is 4.88 Å². The van der Waals surface area contributed by atoms with Gasteiger partial charge in [0.1, 0.15) is 10.3 Å². The number of para-hydroxylation sites is 1. The van der Waals surface area contributed by atoms with Gasteiger partial charge >= 0.3 is 11.9 Å². The number of esters is 1. The van der Waals surface area contributed by atoms with Crippen LogP contribution >= 0.6 is 23.1 Å². The number of carboxylic acids is 1. The molecule has 2 heterocycles. The SMILES string of the molecule is CC(C)OC(=O)c1c(N=C2SC(CC(=O)O)C(=O)N2c2ccccc2)sc2c1CCCC2. The predicted octanol–water partition coefficient (Wildman–Crippen LogP) is 4.80. The molecule has 32 heavy (non-hydrogen) atoms. The highest BCUT2D eigenvalue weighted by Crippen LogP contribution is 2.43. The van der Waals surface area contributed by atoms with Gasteiger partial charge in [-0.15, -0.1) is 11.3 Å². The van der Waals surface area contributed by atoms with E-state index < -0.39 is 17.2 Å². The summed E-state index contributed by atoms with van der Waals surface area (Å²) < 4.78 is 5.51. The van der Waals surface area contributed by atoms with Crippen LogP contribution in [0.15, 0.2) is 35.3 Å². The smallest absolute Gasteiger partial charge is 0.341 e. The molecule has 168 valence electrons. The topological polar surface area (TPSA) is 96.3 Å². The van der Waals surface area contributed by atoms with Crippen LogP contribution in [0.5, 0.6) is 0 Å². The Bertz CT molecular complexity index is 1080. The molecule has 1 aromatic heterocycles. The van der Waals surface area contributed by atoms with Crippen molar-refractivity contribution < 1.29 is 24.2 Å². The van der Waals surface area contributed by atoms with Crippen molar-refractivity contribution in [1.82, 2.24) is 0 Å². The molecule has 0 saturated carbocycles. The Balaban J connectivity index is 1.80. The molecule has 7 nitrogen and oxygen atoms in total. The van der Waals surface area contributed by atoms with E-state index in [4.69, 9.17) is 9.73 Å². The van der Waals surface area contributed by atoms with E-state index in [1.54, 1.807) is 26.0 Å². The summed E-state index contributed by atoms with van der Waals surface area (Å²) in [7, 11) is 0. The number of carbonyl (C=O) groups is 3. The molecular formula is C23H24N2O5S2. The maximum Gasteiger partial charge on any atom is 0.341 e. The summed E-state index contributed by atoms with van der Waals surface area (Å²) in [5.41, 5.74) is 2.09. The lowest BCUT2D eigenvalue weighted by Gasteiger charge is -2.16. The second-order valence-corrected chi connectivity index (χ2v) is 10.2. The highest BCUT2D eigenvalue weighted by atomic mass is 32.2. The van der Waals surface area contributed by atoms with Crippen LogP contribution in [0.2, 0.25) is 0 Å². The molecule has 0 spiro atoms. The second kappa shape index (κ2) is 9.46. The quantitative estimate of drug-likeness (QED) is 0.607. The number of ether oxygens (including phenoxy) is 1. The van der Waals surface area contributed by atoms with Crippen molar-refractivity contribution >= 4 is 56.8 Å². The van der Waals surface area contributed by atoms with Crippen LogP contribution in [0.3, 0.4) is 0 Å². The zero-order chi connectivity index (χ0) is 22.8. The number of rotatable bonds is 6. The Morgan fingerprint density at radius 1 is 1.22 bits per heavy atom. The Kier molecular flexibility index (Phi) is 6.66. The number of aryl methyl sites for hydroxylation is 1. The van der Waals surface area contributed by atoms with Gasteiger partial charge in [-0.1, -0.05) is 30.0 Å². The molecule has 4 rings (SSSR count). The van der Waals surface area contributed by atoms with Crippen LogP contribution in [-0.4, -0.2) is 39.5 Å². The fourth-order valence-electron chi connectivity index (χ4n) is 3.85. The molecule has 1 fully saturated rings. The van der Waals surface area contributed by atoms with Gasteiger partial charge in [-0.3, -0.25) is 14.5 Å². The average Bonchev–Trinajstić information content (AvgIpc) is 3.25. The van der Waals surface area contributed by atoms with Crippen molar-refractivity contribution in [3.8, 4) is 0 Å². The van der Waals surface area contributed by atoms with Crippen LogP contribution < -0.4 is 4.90 Å². The maximum absolute atomic E-state index is 13.1. The standard InChI is InChI=1S/C23H24N2O5S2/c1-13(2)30-22(29)19-15-10-6-7-11-16(15)31-20(19)24-23-25(14-8-4-3-5-9-14)21(28)17(32-23)12-18(26)27/h3-5,8-9,13,17H,6-7,10-12H2,1-2H3,(H,26,27). The minimum atomic E-state index is -1.04. The molecular weight excluding hydrogens is 448 g/mol. The van der Waals surface area contributed by atoms with Crippen LogP contribution in [-0.2, 0) is 27.2 Å². The van der Waals surface area contributed by atoms with Gasteiger partial charge in [-0.25, -0.2) is 9.79 Å². The van der Waals surface area contributed by atoms with E-state index in [1.807, 2.05) is 18.2 Å². The van der Waals surface area contributed by atoms with Crippen molar-refractivity contribution in [2.75, 3.05) is 4.90 Å². The van der Waals surface area contributed by atoms with E-state index in [9.17, 15) is 19.5 Å². The number of amides is 1. The molecule has 1 saturated heterocycles. The highest BCUT2D eigenvalue weighted by Gasteiger charge is 2.41. The molecule has 2 aromatic rings. The molecule has 1 aliphatic carbocycles. The summed E-state index contributed by atoms with van der Waals surface area (Å²) in [6, 6.07) is 9.03. The van der Waals surface area contributed by atoms with E-state index in [2.05, 4.69) is 0 Å². The summed E-state index contributed by atoms with van der Waals surface area (Å²) in [6.07, 6.45) is 3.20. The first-order chi connectivity index (χ1) is 15.3. The van der Waals surface area contributed by atoms with Crippen LogP contribution in [0.1, 0.15) is 53.9 Å². The number of aliphatic imine (C=N–C) groups is 1. The van der Waals surface area contributed by atoms with Crippen molar-refractivity contribution in [2.24, 2.45) is 4.99 Å². The summed E-state index contributed by atoms with van der Waals surface area (Å²) in [5, 5.41) is 9.38. The van der Waals surface area contributed by atoms with Crippen molar-refractivity contribution in [1.29, 1.82) is 0 Å². The number of hydrogen-bond acceptors (Lipinski definition) is 7. The third-order valence-corrected chi connectivity index (χ3v) is 7.53. The Morgan fingerprint density at radius 2 is 1.94 bits per heavy atom. The molecule has 1 aliphatic heterocycles. The summed E-state index contributed by atoms with van der Waals surface area (Å²) >= 11 is 2.59. The number of aliphatic carboxylic acids is 1. The van der Waals surface area contributed by atoms with E-state index in [0.717, 1.165) is 47.9 Å². The Hall–Kier alpha value is -2.65. The van der Waals surface area contributed by atoms with Crippen LogP contribution in [0.4, 0.5) is 10.7 Å². The molecule has 1 aromatic carbocycles. The lowest BCUT2D eigenvalue weighted by Crippen LogP contribution is -2.32. The van der Waals surface area contributed by atoms with Crippen LogP contribution in [0.25, 0.3) is 0 Å². The Labute approximate surface area is 194 Å². The number of amidine groups is 1. The first-order valence-corrected chi connectivity index (χ1v) is 12.3. The molecule has 1 unspecified atom stereocenters. The molecule has 1 atom stereocenters. The van der Waals surface area contributed by atoms with E-state index >= 15 is 0 Å². The minimum Gasteiger partial charge on any atom is -0.481 e. The molecule has 0 bridgehead atoms. The monoisotopic (exact) mass is 472 g/mol. The number of hydrogen-bond donors (Lipinski definition) is 1. The van der Waals surface area contributed by atoms with E-state index in [1.165, 1.54) is 16.2 Å². The first kappa shape index (κ1) is 22.5. The van der Waals surface area contributed by atoms with Gasteiger partial charge in [0.15, 0.2) is 5.17 Å². The van der Waals surface area contributed by atoms with Crippen molar-refractivity contribution in [2.45, 2.75) is 57.3 Å². The lowest BCUT2D eigenvalue weighted by molar-refractivity contribution is -0.138. The fourth-order valence-corrected chi connectivity index (χ4v) is 6.28. The van der Waals surface area contributed by atoms with E-state index in [-0.39, 0.29) is 18.4 Å². The van der Waals surface area contributed by atoms with Gasteiger partial charge in [0.2, 0.25) is 5.91 Å². The largest absolute Gasteiger partial charge is 0.481 e. The fraction of sp³-hybridized carbons (Fsp3) is 0.391. The minimum absolute atomic E-state index is 0.259. The zero-order valence-electron chi connectivity index (χ0n) is 17.9. The van der Waals surface area contributed by atoms with E-state index in [0.29, 0.717) is 21.4 Å². The number of fused-ring (bicyclic) bond motifs is 1. The van der Waals surface area contributed by atoms with Gasteiger partial charge in [-0.05, 0) is 57.2 Å². The lowest BCUT2D eigenvalue weighted by atomic mass is 9.95. The zero-order valence-corrected chi connectivity index (χ0v) is 19.5. The normalized spacial score (nSPS) is 19.5. The molecule has 9 heteroatoms. The number of thiophene rings is 1.